The molecule has 1 saturated heterocycles. The number of aryl methyl sites for hydroxylation is 1. The van der Waals surface area contributed by atoms with Crippen LogP contribution in [0.3, 0.4) is 0 Å². The number of nitrogens with zero attached hydrogens (tertiary/aromatic N) is 4. The molecule has 0 atom stereocenters. The molecule has 4 rings (SSSR count). The van der Waals surface area contributed by atoms with Gasteiger partial charge >= 0.3 is 0 Å². The van der Waals surface area contributed by atoms with Crippen LogP contribution in [0, 0.1) is 6.92 Å². The highest BCUT2D eigenvalue weighted by Gasteiger charge is 2.10. The second-order valence-electron chi connectivity index (χ2n) is 8.56. The quantitative estimate of drug-likeness (QED) is 0.534. The van der Waals surface area contributed by atoms with E-state index in [4.69, 9.17) is 9.72 Å². The fourth-order valence-corrected chi connectivity index (χ4v) is 3.93. The third kappa shape index (κ3) is 5.98. The molecule has 1 aromatic heterocycles. The number of ether oxygens (including phenoxy) is 1. The zero-order valence-corrected chi connectivity index (χ0v) is 19.3. The molecule has 0 radical (unpaired) electrons. The molecule has 1 fully saturated rings. The molecule has 1 N–H and O–H groups in total. The maximum atomic E-state index is 5.94. The van der Waals surface area contributed by atoms with Gasteiger partial charge in [0.15, 0.2) is 5.82 Å². The largest absolute Gasteiger partial charge is 0.492 e. The molecule has 0 aliphatic carbocycles. The molecule has 0 amide bonds. The molecule has 6 nitrogen and oxygen atoms in total. The fraction of sp³-hybridized carbons (Fsp3) is 0.385. The van der Waals surface area contributed by atoms with E-state index >= 15 is 0 Å². The van der Waals surface area contributed by atoms with Crippen molar-refractivity contribution in [1.29, 1.82) is 0 Å². The van der Waals surface area contributed by atoms with Gasteiger partial charge in [-0.1, -0.05) is 6.42 Å². The standard InChI is InChI=1S/C26H33N5O/c1-20-19-25(29-26(27-20)21-7-11-23(12-8-21)30(2)3)28-22-9-13-24(14-10-22)32-18-17-31-15-5-4-6-16-31/h7-14,19H,4-6,15-18H2,1-3H3,(H,27,28,29). The molecule has 3 aromatic rings. The van der Waals surface area contributed by atoms with Crippen LogP contribution in [0.4, 0.5) is 17.2 Å². The van der Waals surface area contributed by atoms with Crippen molar-refractivity contribution in [3.05, 3.63) is 60.3 Å². The number of hydrogen-bond donors (Lipinski definition) is 1. The van der Waals surface area contributed by atoms with E-state index in [9.17, 15) is 0 Å². The maximum absolute atomic E-state index is 5.94. The molecule has 1 aliphatic heterocycles. The van der Waals surface area contributed by atoms with Gasteiger partial charge < -0.3 is 15.0 Å². The van der Waals surface area contributed by atoms with Crippen LogP contribution in [0.1, 0.15) is 25.0 Å². The number of aromatic nitrogens is 2. The Kier molecular flexibility index (Phi) is 7.22. The summed E-state index contributed by atoms with van der Waals surface area (Å²) in [6.45, 7) is 6.12. The Bertz CT molecular complexity index is 996. The lowest BCUT2D eigenvalue weighted by Crippen LogP contribution is -2.33. The van der Waals surface area contributed by atoms with E-state index in [1.165, 1.54) is 32.4 Å². The third-order valence-electron chi connectivity index (χ3n) is 5.75. The van der Waals surface area contributed by atoms with Crippen LogP contribution in [-0.4, -0.2) is 55.2 Å². The summed E-state index contributed by atoms with van der Waals surface area (Å²) in [5.74, 6) is 2.39. The van der Waals surface area contributed by atoms with E-state index in [1.54, 1.807) is 0 Å². The van der Waals surface area contributed by atoms with Gasteiger partial charge in [-0.25, -0.2) is 9.97 Å². The van der Waals surface area contributed by atoms with Gasteiger partial charge in [0.1, 0.15) is 18.2 Å². The Hall–Kier alpha value is -3.12. The molecule has 2 aromatic carbocycles. The summed E-state index contributed by atoms with van der Waals surface area (Å²) in [6, 6.07) is 18.3. The lowest BCUT2D eigenvalue weighted by Gasteiger charge is -2.26. The summed E-state index contributed by atoms with van der Waals surface area (Å²) in [5, 5.41) is 3.40. The average Bonchev–Trinajstić information content (AvgIpc) is 2.81. The first-order chi connectivity index (χ1) is 15.6. The third-order valence-corrected chi connectivity index (χ3v) is 5.75. The summed E-state index contributed by atoms with van der Waals surface area (Å²) in [5.41, 5.74) is 4.05. The summed E-state index contributed by atoms with van der Waals surface area (Å²) in [4.78, 5) is 13.9. The second kappa shape index (κ2) is 10.5. The lowest BCUT2D eigenvalue weighted by atomic mass is 10.1. The van der Waals surface area contributed by atoms with Gasteiger partial charge in [-0.3, -0.25) is 4.90 Å². The summed E-state index contributed by atoms with van der Waals surface area (Å²) in [6.07, 6.45) is 3.99. The molecule has 168 valence electrons. The number of anilines is 3. The first-order valence-corrected chi connectivity index (χ1v) is 11.4. The van der Waals surface area contributed by atoms with Crippen molar-refractivity contribution in [1.82, 2.24) is 14.9 Å². The molecule has 0 bridgehead atoms. The van der Waals surface area contributed by atoms with Crippen LogP contribution in [0.15, 0.2) is 54.6 Å². The molecule has 0 unspecified atom stereocenters. The van der Waals surface area contributed by atoms with Gasteiger partial charge in [0.2, 0.25) is 0 Å². The van der Waals surface area contributed by atoms with Crippen LogP contribution in [0.5, 0.6) is 5.75 Å². The predicted octanol–water partition coefficient (Wildman–Crippen LogP) is 5.13. The van der Waals surface area contributed by atoms with E-state index in [2.05, 4.69) is 44.4 Å². The van der Waals surface area contributed by atoms with Crippen molar-refractivity contribution >= 4 is 17.2 Å². The second-order valence-corrected chi connectivity index (χ2v) is 8.56. The van der Waals surface area contributed by atoms with Gasteiger partial charge in [-0.15, -0.1) is 0 Å². The van der Waals surface area contributed by atoms with E-state index < -0.39 is 0 Å². The smallest absolute Gasteiger partial charge is 0.161 e. The van der Waals surface area contributed by atoms with Gasteiger partial charge in [0.25, 0.3) is 0 Å². The molecule has 0 saturated carbocycles. The van der Waals surface area contributed by atoms with Crippen molar-refractivity contribution < 1.29 is 4.74 Å². The zero-order valence-electron chi connectivity index (χ0n) is 19.3. The van der Waals surface area contributed by atoms with Crippen LogP contribution in [0.25, 0.3) is 11.4 Å². The van der Waals surface area contributed by atoms with E-state index in [1.807, 2.05) is 51.4 Å². The lowest BCUT2D eigenvalue weighted by molar-refractivity contribution is 0.183. The summed E-state index contributed by atoms with van der Waals surface area (Å²) < 4.78 is 5.94. The minimum absolute atomic E-state index is 0.718. The van der Waals surface area contributed by atoms with Crippen LogP contribution in [0.2, 0.25) is 0 Å². The van der Waals surface area contributed by atoms with Crippen LogP contribution >= 0.6 is 0 Å². The number of benzene rings is 2. The van der Waals surface area contributed by atoms with Crippen molar-refractivity contribution in [2.45, 2.75) is 26.2 Å². The molecule has 6 heteroatoms. The molecule has 0 spiro atoms. The number of nitrogens with one attached hydrogen (secondary N) is 1. The van der Waals surface area contributed by atoms with Crippen molar-refractivity contribution in [2.75, 3.05) is 50.6 Å². The Morgan fingerprint density at radius 1 is 0.938 bits per heavy atom. The Labute approximate surface area is 191 Å². The van der Waals surface area contributed by atoms with E-state index in [-0.39, 0.29) is 0 Å². The Morgan fingerprint density at radius 3 is 2.34 bits per heavy atom. The number of hydrogen-bond acceptors (Lipinski definition) is 6. The monoisotopic (exact) mass is 431 g/mol. The Balaban J connectivity index is 1.37. The van der Waals surface area contributed by atoms with Crippen molar-refractivity contribution in [3.8, 4) is 17.1 Å². The topological polar surface area (TPSA) is 53.5 Å². The number of rotatable bonds is 8. The highest BCUT2D eigenvalue weighted by Crippen LogP contribution is 2.24. The SMILES string of the molecule is Cc1cc(Nc2ccc(OCCN3CCCCC3)cc2)nc(-c2ccc(N(C)C)cc2)n1. The molecule has 32 heavy (non-hydrogen) atoms. The van der Waals surface area contributed by atoms with Gasteiger partial charge in [0, 0.05) is 49.3 Å². The van der Waals surface area contributed by atoms with E-state index in [0.717, 1.165) is 53.2 Å². The van der Waals surface area contributed by atoms with Gasteiger partial charge in [-0.05, 0) is 81.4 Å². The van der Waals surface area contributed by atoms with Crippen molar-refractivity contribution in [3.63, 3.8) is 0 Å². The molecule has 2 heterocycles. The molecular weight excluding hydrogens is 398 g/mol. The number of likely N-dealkylation sites (tertiary alicyclic amines) is 1. The molecular formula is C26H33N5O. The minimum Gasteiger partial charge on any atom is -0.492 e. The average molecular weight is 432 g/mol. The van der Waals surface area contributed by atoms with E-state index in [0.29, 0.717) is 0 Å². The predicted molar refractivity (Wildman–Crippen MR) is 132 cm³/mol. The van der Waals surface area contributed by atoms with Crippen molar-refractivity contribution in [2.24, 2.45) is 0 Å². The van der Waals surface area contributed by atoms with Crippen LogP contribution < -0.4 is 15.0 Å². The maximum Gasteiger partial charge on any atom is 0.161 e. The zero-order chi connectivity index (χ0) is 22.3. The summed E-state index contributed by atoms with van der Waals surface area (Å²) in [7, 11) is 4.07. The Morgan fingerprint density at radius 2 is 1.66 bits per heavy atom. The first-order valence-electron chi connectivity index (χ1n) is 11.4. The summed E-state index contributed by atoms with van der Waals surface area (Å²) >= 11 is 0. The highest BCUT2D eigenvalue weighted by atomic mass is 16.5. The number of piperidine rings is 1. The van der Waals surface area contributed by atoms with Gasteiger partial charge in [0.05, 0.1) is 0 Å². The van der Waals surface area contributed by atoms with Gasteiger partial charge in [-0.2, -0.15) is 0 Å². The highest BCUT2D eigenvalue weighted by molar-refractivity contribution is 5.64. The fourth-order valence-electron chi connectivity index (χ4n) is 3.93. The first kappa shape index (κ1) is 22.1. The minimum atomic E-state index is 0.718. The molecule has 1 aliphatic rings. The normalized spacial score (nSPS) is 14.2. The van der Waals surface area contributed by atoms with Crippen LogP contribution in [-0.2, 0) is 0 Å².